The molecule has 0 bridgehead atoms. The van der Waals surface area contributed by atoms with Crippen LogP contribution in [0.4, 0.5) is 0 Å². The predicted molar refractivity (Wildman–Crippen MR) is 157 cm³/mol. The van der Waals surface area contributed by atoms with E-state index in [-0.39, 0.29) is 18.1 Å². The fraction of sp³-hybridized carbons (Fsp3) is 0.241. The van der Waals surface area contributed by atoms with Gasteiger partial charge in [-0.2, -0.15) is 15.0 Å². The molecule has 0 saturated heterocycles. The van der Waals surface area contributed by atoms with E-state index in [4.69, 9.17) is 21.3 Å². The fourth-order valence-electron chi connectivity index (χ4n) is 4.72. The van der Waals surface area contributed by atoms with Gasteiger partial charge in [0.2, 0.25) is 0 Å². The average molecular weight is 655 g/mol. The average Bonchev–Trinajstić information content (AvgIpc) is 2.93. The zero-order chi connectivity index (χ0) is 26.6. The zero-order valence-electron chi connectivity index (χ0n) is 20.3. The van der Waals surface area contributed by atoms with E-state index in [1.54, 1.807) is 24.4 Å². The summed E-state index contributed by atoms with van der Waals surface area (Å²) >= 11 is 13.6. The molecule has 0 N–H and O–H groups in total. The second kappa shape index (κ2) is 11.8. The summed E-state index contributed by atoms with van der Waals surface area (Å²) in [7, 11) is 0. The number of nitrogens with zero attached hydrogens (tertiary/aromatic N) is 4. The molecule has 38 heavy (non-hydrogen) atoms. The maximum atomic E-state index is 13.5. The van der Waals surface area contributed by atoms with Crippen molar-refractivity contribution < 1.29 is 4.74 Å². The fourth-order valence-corrected chi connectivity index (χ4v) is 6.07. The number of hydrogen-bond donors (Lipinski definition) is 0. The normalized spacial score (nSPS) is 14.2. The first-order valence-electron chi connectivity index (χ1n) is 12.3. The van der Waals surface area contributed by atoms with Crippen LogP contribution in [0.3, 0.4) is 0 Å². The van der Waals surface area contributed by atoms with Gasteiger partial charge in [0.15, 0.2) is 5.75 Å². The molecule has 0 aliphatic heterocycles. The van der Waals surface area contributed by atoms with E-state index < -0.39 is 0 Å². The molecule has 0 spiro atoms. The molecule has 0 amide bonds. The molecule has 1 fully saturated rings. The van der Waals surface area contributed by atoms with Crippen molar-refractivity contribution in [2.24, 2.45) is 5.10 Å². The summed E-state index contributed by atoms with van der Waals surface area (Å²) in [6.07, 6.45) is 7.03. The summed E-state index contributed by atoms with van der Waals surface area (Å²) < 4.78 is 8.84. The molecule has 3 aromatic carbocycles. The lowest BCUT2D eigenvalue weighted by Crippen LogP contribution is -2.25. The largest absolute Gasteiger partial charge is 0.486 e. The van der Waals surface area contributed by atoms with Crippen LogP contribution in [0.2, 0.25) is 5.02 Å². The third kappa shape index (κ3) is 5.70. The summed E-state index contributed by atoms with van der Waals surface area (Å²) in [4.78, 5) is 18.4. The molecule has 4 aromatic rings. The molecule has 1 aromatic heterocycles. The Balaban J connectivity index is 1.47. The Kier molecular flexibility index (Phi) is 8.27. The van der Waals surface area contributed by atoms with Gasteiger partial charge in [-0.05, 0) is 70.7 Å². The topological polar surface area (TPSA) is 80.3 Å². The second-order valence-electron chi connectivity index (χ2n) is 9.20. The van der Waals surface area contributed by atoms with Crippen molar-refractivity contribution in [1.82, 2.24) is 9.66 Å². The highest BCUT2D eigenvalue weighted by atomic mass is 79.9. The van der Waals surface area contributed by atoms with E-state index in [1.807, 2.05) is 36.4 Å². The quantitative estimate of drug-likeness (QED) is 0.198. The summed E-state index contributed by atoms with van der Waals surface area (Å²) in [5, 5.41) is 14.8. The molecule has 192 valence electrons. The van der Waals surface area contributed by atoms with Crippen LogP contribution in [0.5, 0.6) is 5.75 Å². The summed E-state index contributed by atoms with van der Waals surface area (Å²) in [6.45, 7) is 0.202. The third-order valence-electron chi connectivity index (χ3n) is 6.66. The molecule has 1 aliphatic rings. The minimum atomic E-state index is -0.200. The Bertz CT molecular complexity index is 1620. The third-order valence-corrected chi connectivity index (χ3v) is 8.02. The molecule has 5 rings (SSSR count). The van der Waals surface area contributed by atoms with Crippen molar-refractivity contribution in [3.63, 3.8) is 0 Å². The molecule has 0 radical (unpaired) electrons. The van der Waals surface area contributed by atoms with Gasteiger partial charge in [0.1, 0.15) is 12.4 Å². The number of fused-ring (bicyclic) bond motifs is 1. The maximum absolute atomic E-state index is 13.5. The van der Waals surface area contributed by atoms with Crippen LogP contribution in [0, 0.1) is 11.3 Å². The van der Waals surface area contributed by atoms with Crippen molar-refractivity contribution in [2.75, 3.05) is 0 Å². The van der Waals surface area contributed by atoms with Gasteiger partial charge in [-0.15, -0.1) is 0 Å². The molecule has 6 nitrogen and oxygen atoms in total. The van der Waals surface area contributed by atoms with E-state index in [9.17, 15) is 10.1 Å². The Morgan fingerprint density at radius 2 is 1.92 bits per heavy atom. The minimum absolute atomic E-state index is 0.184. The first-order valence-corrected chi connectivity index (χ1v) is 14.3. The van der Waals surface area contributed by atoms with Crippen LogP contribution >= 0.6 is 43.5 Å². The minimum Gasteiger partial charge on any atom is -0.486 e. The van der Waals surface area contributed by atoms with Crippen molar-refractivity contribution in [2.45, 2.75) is 44.6 Å². The Labute approximate surface area is 242 Å². The monoisotopic (exact) mass is 652 g/mol. The smallest absolute Gasteiger partial charge is 0.282 e. The SMILES string of the molecule is N#Cc1ccccc1COc1c(Cl)cc(C=Nn2c(C3CCCCC3)nc3ccc(Br)cc3c2=O)cc1Br. The van der Waals surface area contributed by atoms with Gasteiger partial charge < -0.3 is 4.74 Å². The lowest BCUT2D eigenvalue weighted by molar-refractivity contribution is 0.304. The molecule has 1 heterocycles. The highest BCUT2D eigenvalue weighted by molar-refractivity contribution is 9.10. The van der Waals surface area contributed by atoms with Gasteiger partial charge in [-0.3, -0.25) is 4.79 Å². The first kappa shape index (κ1) is 26.6. The molecule has 1 aliphatic carbocycles. The van der Waals surface area contributed by atoms with Crippen LogP contribution in [0.1, 0.15) is 60.5 Å². The number of hydrogen-bond acceptors (Lipinski definition) is 5. The van der Waals surface area contributed by atoms with Crippen LogP contribution < -0.4 is 10.3 Å². The number of aromatic nitrogens is 2. The molecule has 0 atom stereocenters. The summed E-state index contributed by atoms with van der Waals surface area (Å²) in [6, 6.07) is 18.6. The highest BCUT2D eigenvalue weighted by Gasteiger charge is 2.22. The van der Waals surface area contributed by atoms with E-state index in [0.717, 1.165) is 35.7 Å². The van der Waals surface area contributed by atoms with Gasteiger partial charge in [-0.1, -0.05) is 65.0 Å². The molecular weight excluding hydrogens is 632 g/mol. The Hall–Kier alpha value is -2.99. The number of halogens is 3. The van der Waals surface area contributed by atoms with Gasteiger partial charge in [0.05, 0.1) is 38.2 Å². The predicted octanol–water partition coefficient (Wildman–Crippen LogP) is 7.96. The number of ether oxygens (including phenoxy) is 1. The van der Waals surface area contributed by atoms with Crippen molar-refractivity contribution in [1.29, 1.82) is 5.26 Å². The second-order valence-corrected chi connectivity index (χ2v) is 11.4. The maximum Gasteiger partial charge on any atom is 0.282 e. The summed E-state index contributed by atoms with van der Waals surface area (Å²) in [5.41, 5.74) is 2.50. The van der Waals surface area contributed by atoms with Crippen LogP contribution in [-0.2, 0) is 6.61 Å². The van der Waals surface area contributed by atoms with Crippen LogP contribution in [0.25, 0.3) is 10.9 Å². The van der Waals surface area contributed by atoms with Crippen molar-refractivity contribution in [3.05, 3.63) is 101 Å². The molecule has 9 heteroatoms. The van der Waals surface area contributed by atoms with Gasteiger partial charge in [0.25, 0.3) is 5.56 Å². The first-order chi connectivity index (χ1) is 18.4. The Morgan fingerprint density at radius 1 is 1.13 bits per heavy atom. The number of benzene rings is 3. The van der Waals surface area contributed by atoms with E-state index in [1.165, 1.54) is 11.1 Å². The van der Waals surface area contributed by atoms with Crippen molar-refractivity contribution >= 4 is 60.6 Å². The lowest BCUT2D eigenvalue weighted by Gasteiger charge is -2.22. The van der Waals surface area contributed by atoms with Crippen LogP contribution in [-0.4, -0.2) is 15.9 Å². The number of nitriles is 1. The highest BCUT2D eigenvalue weighted by Crippen LogP contribution is 2.35. The van der Waals surface area contributed by atoms with E-state index in [2.05, 4.69) is 43.0 Å². The van der Waals surface area contributed by atoms with Gasteiger partial charge in [0, 0.05) is 16.0 Å². The Morgan fingerprint density at radius 3 is 2.68 bits per heavy atom. The molecule has 1 saturated carbocycles. The van der Waals surface area contributed by atoms with E-state index in [0.29, 0.717) is 43.1 Å². The molecular formula is C29H23Br2ClN4O2. The van der Waals surface area contributed by atoms with Crippen LogP contribution in [0.15, 0.2) is 73.4 Å². The lowest BCUT2D eigenvalue weighted by atomic mass is 9.88. The summed E-state index contributed by atoms with van der Waals surface area (Å²) in [5.74, 6) is 1.35. The van der Waals surface area contributed by atoms with E-state index >= 15 is 0 Å². The molecule has 0 unspecified atom stereocenters. The number of rotatable bonds is 6. The zero-order valence-corrected chi connectivity index (χ0v) is 24.3. The van der Waals surface area contributed by atoms with Gasteiger partial charge in [-0.25, -0.2) is 4.98 Å². The standard InChI is InChI=1S/C29H23Br2ClN4O2/c30-22-10-11-26-23(14-22)29(37)36(28(35-26)19-6-2-1-3-7-19)34-16-18-12-24(31)27(25(32)13-18)38-17-21-9-5-4-8-20(21)15-33/h4-5,8-14,16,19H,1-3,6-7,17H2. The van der Waals surface area contributed by atoms with Crippen molar-refractivity contribution in [3.8, 4) is 11.8 Å². The van der Waals surface area contributed by atoms with Gasteiger partial charge >= 0.3 is 0 Å².